The molecule has 18 nitrogen and oxygen atoms in total. The lowest BCUT2D eigenvalue weighted by molar-refractivity contribution is -0.141. The molecule has 0 bridgehead atoms. The maximum Gasteiger partial charge on any atom is 0.291 e. The van der Waals surface area contributed by atoms with Gasteiger partial charge < -0.3 is 59.9 Å². The van der Waals surface area contributed by atoms with Crippen LogP contribution < -0.4 is 54.8 Å². The quantitative estimate of drug-likeness (QED) is 0.0413. The molecule has 296 valence electrons. The van der Waals surface area contributed by atoms with E-state index in [1.54, 1.807) is 57.2 Å². The first-order chi connectivity index (χ1) is 25.3. The number of aliphatic hydroxyl groups is 1. The summed E-state index contributed by atoms with van der Waals surface area (Å²) >= 11 is 5.95. The fourth-order valence-electron chi connectivity index (χ4n) is 4.78. The van der Waals surface area contributed by atoms with E-state index in [1.807, 2.05) is 12.1 Å². The summed E-state index contributed by atoms with van der Waals surface area (Å²) in [6.45, 7) is 6.04. The molecular formula is C35H51ClN10O8. The number of halogens is 1. The molecule has 15 N–H and O–H groups in total. The fourth-order valence-corrected chi connectivity index (χ4v) is 4.91. The van der Waals surface area contributed by atoms with Gasteiger partial charge in [0.05, 0.1) is 6.10 Å². The van der Waals surface area contributed by atoms with E-state index in [1.165, 1.54) is 6.92 Å². The Kier molecular flexibility index (Phi) is 17.6. The number of nitrogens with one attached hydrogen (secondary N) is 6. The molecule has 2 aromatic rings. The lowest BCUT2D eigenvalue weighted by Crippen LogP contribution is -2.63. The van der Waals surface area contributed by atoms with Crippen LogP contribution in [-0.4, -0.2) is 102 Å². The van der Waals surface area contributed by atoms with Gasteiger partial charge >= 0.3 is 0 Å². The van der Waals surface area contributed by atoms with Gasteiger partial charge in [-0.3, -0.25) is 33.6 Å². The average molecular weight is 775 g/mol. The van der Waals surface area contributed by atoms with Crippen molar-refractivity contribution in [3.05, 3.63) is 59.1 Å². The van der Waals surface area contributed by atoms with Crippen molar-refractivity contribution >= 4 is 52.8 Å². The van der Waals surface area contributed by atoms with Crippen LogP contribution in [-0.2, 0) is 28.8 Å². The molecule has 0 heterocycles. The first-order valence-electron chi connectivity index (χ1n) is 17.1. The van der Waals surface area contributed by atoms with E-state index in [9.17, 15) is 38.7 Å². The molecule has 0 aliphatic carbocycles. The summed E-state index contributed by atoms with van der Waals surface area (Å²) in [5, 5.41) is 24.9. The van der Waals surface area contributed by atoms with Gasteiger partial charge in [0.15, 0.2) is 6.17 Å². The zero-order valence-electron chi connectivity index (χ0n) is 30.6. The van der Waals surface area contributed by atoms with Crippen LogP contribution in [0.4, 0.5) is 0 Å². The summed E-state index contributed by atoms with van der Waals surface area (Å²) in [6.07, 6.45) is -4.20. The maximum atomic E-state index is 13.1. The van der Waals surface area contributed by atoms with Crippen LogP contribution in [0.2, 0.25) is 5.02 Å². The largest absolute Gasteiger partial charge is 0.391 e. The molecule has 0 spiro atoms. The number of rotatable bonds is 19. The lowest BCUT2D eigenvalue weighted by atomic mass is 10.0. The van der Waals surface area contributed by atoms with Crippen LogP contribution >= 0.6 is 11.6 Å². The van der Waals surface area contributed by atoms with Gasteiger partial charge in [-0.25, -0.2) is 0 Å². The van der Waals surface area contributed by atoms with Crippen molar-refractivity contribution in [2.45, 2.75) is 89.1 Å². The molecule has 0 saturated heterocycles. The molecule has 6 amide bonds. The van der Waals surface area contributed by atoms with Gasteiger partial charge in [-0.15, -0.1) is 0 Å². The molecule has 54 heavy (non-hydrogen) atoms. The van der Waals surface area contributed by atoms with E-state index in [4.69, 9.17) is 34.5 Å². The Morgan fingerprint density at radius 2 is 1.24 bits per heavy atom. The number of ketones is 1. The second-order valence-corrected chi connectivity index (χ2v) is 13.9. The highest BCUT2D eigenvalue weighted by Gasteiger charge is 2.33. The van der Waals surface area contributed by atoms with E-state index in [2.05, 4.69) is 31.9 Å². The Bertz CT molecular complexity index is 1630. The monoisotopic (exact) mass is 774 g/mol. The zero-order chi connectivity index (χ0) is 40.7. The van der Waals surface area contributed by atoms with Gasteiger partial charge in [-0.1, -0.05) is 35.9 Å². The van der Waals surface area contributed by atoms with Crippen LogP contribution in [0, 0.1) is 0 Å². The second-order valence-electron chi connectivity index (χ2n) is 13.5. The van der Waals surface area contributed by atoms with Crippen molar-refractivity contribution in [3.8, 4) is 11.1 Å². The molecule has 2 rings (SSSR count). The van der Waals surface area contributed by atoms with Crippen LogP contribution in [0.25, 0.3) is 11.1 Å². The normalized spacial score (nSPS) is 14.6. The molecule has 0 unspecified atom stereocenters. The molecule has 0 aliphatic rings. The molecular weight excluding hydrogens is 724 g/mol. The summed E-state index contributed by atoms with van der Waals surface area (Å²) in [5.74, 6) is -6.74. The van der Waals surface area contributed by atoms with E-state index in [-0.39, 0.29) is 25.1 Å². The number of hydrogen-bond donors (Lipinski definition) is 11. The molecule has 19 heteroatoms. The summed E-state index contributed by atoms with van der Waals surface area (Å²) < 4.78 is 0. The first kappa shape index (κ1) is 45.2. The van der Waals surface area contributed by atoms with Crippen LogP contribution in [0.1, 0.15) is 57.3 Å². The molecule has 0 saturated carbocycles. The number of Topliss-reactive ketones (excluding diaryl/α,β-unsaturated/α-hetero) is 1. The lowest BCUT2D eigenvalue weighted by Gasteiger charge is -2.26. The summed E-state index contributed by atoms with van der Waals surface area (Å²) in [7, 11) is 0. The van der Waals surface area contributed by atoms with Crippen molar-refractivity contribution in [1.29, 1.82) is 0 Å². The second kappa shape index (κ2) is 21.0. The Hall–Kier alpha value is -4.98. The molecule has 0 aromatic heterocycles. The average Bonchev–Trinajstić information content (AvgIpc) is 3.11. The summed E-state index contributed by atoms with van der Waals surface area (Å²) in [4.78, 5) is 89.9. The third kappa shape index (κ3) is 14.4. The van der Waals surface area contributed by atoms with E-state index >= 15 is 0 Å². The maximum absolute atomic E-state index is 13.1. The van der Waals surface area contributed by atoms with Crippen molar-refractivity contribution in [3.63, 3.8) is 0 Å². The highest BCUT2D eigenvalue weighted by molar-refractivity contribution is 6.38. The highest BCUT2D eigenvalue weighted by Crippen LogP contribution is 2.22. The number of nitrogens with two attached hydrogens (primary N) is 4. The number of amides is 6. The number of carbonyl (C=O) groups excluding carboxylic acids is 7. The van der Waals surface area contributed by atoms with Crippen molar-refractivity contribution in [2.24, 2.45) is 22.9 Å². The van der Waals surface area contributed by atoms with E-state index in [0.717, 1.165) is 11.1 Å². The number of hydrogen-bond acceptors (Lipinski definition) is 12. The van der Waals surface area contributed by atoms with E-state index < -0.39 is 83.3 Å². The number of unbranched alkanes of at least 4 members (excludes halogenated alkanes) is 1. The van der Waals surface area contributed by atoms with Crippen molar-refractivity contribution in [1.82, 2.24) is 31.9 Å². The van der Waals surface area contributed by atoms with Crippen molar-refractivity contribution in [2.75, 3.05) is 13.1 Å². The van der Waals surface area contributed by atoms with Crippen molar-refractivity contribution < 1.29 is 38.7 Å². The Balaban J connectivity index is 2.05. The van der Waals surface area contributed by atoms with Gasteiger partial charge in [0.25, 0.3) is 23.5 Å². The molecule has 0 radical (unpaired) electrons. The molecule has 0 aliphatic heterocycles. The fraction of sp³-hybridized carbons (Fsp3) is 0.457. The minimum atomic E-state index is -1.80. The third-order valence-electron chi connectivity index (χ3n) is 7.70. The number of carbonyl (C=O) groups is 7. The van der Waals surface area contributed by atoms with Gasteiger partial charge in [0.2, 0.25) is 17.7 Å². The minimum absolute atomic E-state index is 0.0234. The van der Waals surface area contributed by atoms with Crippen LogP contribution in [0.15, 0.2) is 48.5 Å². The Labute approximate surface area is 318 Å². The number of aliphatic hydroxyl groups excluding tert-OH is 1. The van der Waals surface area contributed by atoms with Gasteiger partial charge in [-0.05, 0) is 88.9 Å². The molecule has 6 atom stereocenters. The minimum Gasteiger partial charge on any atom is -0.391 e. The zero-order valence-corrected chi connectivity index (χ0v) is 31.4. The van der Waals surface area contributed by atoms with Gasteiger partial charge in [-0.2, -0.15) is 0 Å². The standard InChI is InChI=1S/C35H51ClN10O8/c1-18(47)25(43-31(51)24(17-38)42-29(49)21-10-8-19(9-11-21)20-12-14-22(36)15-13-20)32(52)45-28(40)34(54)41-23(7-5-6-16-37)30(50)44-27(39)26(48)33(53)46-35(2,3)4/h8-15,18,23-25,27-28,47H,5-7,16-17,37-40H2,1-4H3,(H,41,54)(H,42,49)(H,43,51)(H,44,50)(H,45,52)(H,46,53)/t18-,23+,24+,25+,27-,28-/m1/s1. The van der Waals surface area contributed by atoms with Gasteiger partial charge in [0.1, 0.15) is 24.3 Å². The SMILES string of the molecule is C[C@@H](O)[C@H](NC(=O)[C@H](CN)NC(=O)c1ccc(-c2ccc(Cl)cc2)cc1)C(=O)N[C@@H](N)C(=O)N[C@@H](CCCCN)C(=O)N[C@@H](N)C(=O)C(=O)NC(C)(C)C. The summed E-state index contributed by atoms with van der Waals surface area (Å²) in [6, 6.07) is 9.33. The first-order valence-corrected chi connectivity index (χ1v) is 17.5. The van der Waals surface area contributed by atoms with E-state index in [0.29, 0.717) is 17.9 Å². The van der Waals surface area contributed by atoms with Gasteiger partial charge in [0, 0.05) is 22.7 Å². The highest BCUT2D eigenvalue weighted by atomic mass is 35.5. The topological polar surface area (TPSA) is 316 Å². The predicted octanol–water partition coefficient (Wildman–Crippen LogP) is -2.17. The Morgan fingerprint density at radius 1 is 0.704 bits per heavy atom. The molecule has 0 fully saturated rings. The third-order valence-corrected chi connectivity index (χ3v) is 7.95. The molecule has 2 aromatic carbocycles. The Morgan fingerprint density at radius 3 is 1.76 bits per heavy atom. The smallest absolute Gasteiger partial charge is 0.291 e. The summed E-state index contributed by atoms with van der Waals surface area (Å²) in [5.41, 5.74) is 24.1. The van der Waals surface area contributed by atoms with Crippen LogP contribution in [0.5, 0.6) is 0 Å². The van der Waals surface area contributed by atoms with Crippen LogP contribution in [0.3, 0.4) is 0 Å². The predicted molar refractivity (Wildman–Crippen MR) is 201 cm³/mol. The number of benzene rings is 2.